The summed E-state index contributed by atoms with van der Waals surface area (Å²) in [6.45, 7) is 5.81. The number of nitrogens with zero attached hydrogens (tertiary/aromatic N) is 2. The lowest BCUT2D eigenvalue weighted by Gasteiger charge is -2.25. The molecule has 1 saturated heterocycles. The van der Waals surface area contributed by atoms with Crippen LogP contribution in [-0.4, -0.2) is 34.0 Å². The van der Waals surface area contributed by atoms with E-state index in [9.17, 15) is 19.8 Å². The van der Waals surface area contributed by atoms with Gasteiger partial charge in [0.1, 0.15) is 23.3 Å². The number of phenolic OH excluding ortho intramolecular Hbond substituents is 1. The van der Waals surface area contributed by atoms with E-state index in [0.29, 0.717) is 22.6 Å². The third-order valence-electron chi connectivity index (χ3n) is 6.01. The van der Waals surface area contributed by atoms with Crippen LogP contribution in [0.3, 0.4) is 0 Å². The third-order valence-corrected chi connectivity index (χ3v) is 6.01. The van der Waals surface area contributed by atoms with E-state index >= 15 is 0 Å². The van der Waals surface area contributed by atoms with Crippen LogP contribution in [0.25, 0.3) is 5.76 Å². The zero-order valence-electron chi connectivity index (χ0n) is 19.4. The highest BCUT2D eigenvalue weighted by Crippen LogP contribution is 2.44. The lowest BCUT2D eigenvalue weighted by Crippen LogP contribution is -2.29. The molecular weight excluding hydrogens is 432 g/mol. The molecule has 1 atom stereocenters. The molecule has 174 valence electrons. The first-order valence-electron chi connectivity index (χ1n) is 10.9. The standard InChI is InChI=1S/C27H26N2O5/c1-15(2)17-14-18(16(3)13-22(17)34-4)25(31)23-24(19-9-7-8-12-28-19)29(27(33)26(23)32)20-10-5-6-11-21(20)30/h5-15,24,30-31H,1-4H3/b25-23+. The Bertz CT molecular complexity index is 1300. The number of carbonyl (C=O) groups excluding carboxylic acids is 2. The highest BCUT2D eigenvalue weighted by Gasteiger charge is 2.48. The van der Waals surface area contributed by atoms with Crippen molar-refractivity contribution in [3.63, 3.8) is 0 Å². The van der Waals surface area contributed by atoms with Gasteiger partial charge in [0, 0.05) is 11.8 Å². The van der Waals surface area contributed by atoms with Crippen molar-refractivity contribution in [2.75, 3.05) is 12.0 Å². The predicted octanol–water partition coefficient (Wildman–Crippen LogP) is 4.85. The Morgan fingerprint density at radius 3 is 2.41 bits per heavy atom. The number of rotatable bonds is 5. The fourth-order valence-corrected chi connectivity index (χ4v) is 4.29. The van der Waals surface area contributed by atoms with Gasteiger partial charge in [0.25, 0.3) is 11.7 Å². The van der Waals surface area contributed by atoms with Gasteiger partial charge in [0.2, 0.25) is 0 Å². The summed E-state index contributed by atoms with van der Waals surface area (Å²) < 4.78 is 5.50. The monoisotopic (exact) mass is 458 g/mol. The van der Waals surface area contributed by atoms with Crippen molar-refractivity contribution < 1.29 is 24.5 Å². The molecule has 1 unspecified atom stereocenters. The summed E-state index contributed by atoms with van der Waals surface area (Å²) in [6.07, 6.45) is 1.55. The van der Waals surface area contributed by atoms with Gasteiger partial charge < -0.3 is 14.9 Å². The fourth-order valence-electron chi connectivity index (χ4n) is 4.29. The summed E-state index contributed by atoms with van der Waals surface area (Å²) in [5, 5.41) is 21.9. The van der Waals surface area contributed by atoms with Crippen LogP contribution in [0.2, 0.25) is 0 Å². The molecule has 34 heavy (non-hydrogen) atoms. The molecule has 7 nitrogen and oxygen atoms in total. The predicted molar refractivity (Wildman–Crippen MR) is 129 cm³/mol. The minimum Gasteiger partial charge on any atom is -0.507 e. The zero-order chi connectivity index (χ0) is 24.6. The molecule has 2 aromatic carbocycles. The van der Waals surface area contributed by atoms with Crippen LogP contribution in [0.4, 0.5) is 5.69 Å². The lowest BCUT2D eigenvalue weighted by molar-refractivity contribution is -0.132. The number of carbonyl (C=O) groups is 2. The molecule has 2 N–H and O–H groups in total. The highest BCUT2D eigenvalue weighted by atomic mass is 16.5. The topological polar surface area (TPSA) is 100.0 Å². The van der Waals surface area contributed by atoms with Crippen LogP contribution in [0.15, 0.2) is 66.4 Å². The van der Waals surface area contributed by atoms with Gasteiger partial charge in [-0.15, -0.1) is 0 Å². The molecule has 0 radical (unpaired) electrons. The van der Waals surface area contributed by atoms with E-state index in [1.165, 1.54) is 11.0 Å². The van der Waals surface area contributed by atoms with Crippen molar-refractivity contribution in [3.05, 3.63) is 88.8 Å². The first-order valence-corrected chi connectivity index (χ1v) is 10.9. The Morgan fingerprint density at radius 2 is 1.79 bits per heavy atom. The van der Waals surface area contributed by atoms with Crippen molar-refractivity contribution in [3.8, 4) is 11.5 Å². The van der Waals surface area contributed by atoms with Crippen LogP contribution in [-0.2, 0) is 9.59 Å². The van der Waals surface area contributed by atoms with Gasteiger partial charge >= 0.3 is 0 Å². The summed E-state index contributed by atoms with van der Waals surface area (Å²) in [6, 6.07) is 14.0. The fraction of sp³-hybridized carbons (Fsp3) is 0.222. The minimum absolute atomic E-state index is 0.0880. The second-order valence-corrected chi connectivity index (χ2v) is 8.48. The largest absolute Gasteiger partial charge is 0.507 e. The first kappa shape index (κ1) is 23.0. The Morgan fingerprint density at radius 1 is 1.09 bits per heavy atom. The summed E-state index contributed by atoms with van der Waals surface area (Å²) in [7, 11) is 1.58. The number of aliphatic hydroxyl groups is 1. The number of aromatic hydroxyl groups is 1. The number of ether oxygens (including phenoxy) is 1. The maximum absolute atomic E-state index is 13.3. The minimum atomic E-state index is -1.02. The Labute approximate surface area is 198 Å². The number of aliphatic hydroxyl groups excluding tert-OH is 1. The van der Waals surface area contributed by atoms with Gasteiger partial charge in [-0.2, -0.15) is 0 Å². The molecule has 0 saturated carbocycles. The van der Waals surface area contributed by atoms with Gasteiger partial charge in [0.05, 0.1) is 24.1 Å². The van der Waals surface area contributed by atoms with Crippen molar-refractivity contribution in [2.45, 2.75) is 32.7 Å². The van der Waals surface area contributed by atoms with Gasteiger partial charge in [0.15, 0.2) is 0 Å². The molecule has 1 amide bonds. The molecule has 2 heterocycles. The zero-order valence-corrected chi connectivity index (χ0v) is 19.4. The van der Waals surface area contributed by atoms with Crippen molar-refractivity contribution in [2.24, 2.45) is 0 Å². The quantitative estimate of drug-likeness (QED) is 0.322. The average molecular weight is 459 g/mol. The summed E-state index contributed by atoms with van der Waals surface area (Å²) >= 11 is 0. The number of hydrogen-bond donors (Lipinski definition) is 2. The molecular formula is C27H26N2O5. The smallest absolute Gasteiger partial charge is 0.300 e. The van der Waals surface area contributed by atoms with E-state index in [4.69, 9.17) is 4.74 Å². The van der Waals surface area contributed by atoms with Gasteiger partial charge in [-0.05, 0) is 60.4 Å². The van der Waals surface area contributed by atoms with E-state index in [1.54, 1.807) is 68.8 Å². The molecule has 1 aliphatic heterocycles. The molecule has 1 aliphatic rings. The van der Waals surface area contributed by atoms with Crippen LogP contribution in [0, 0.1) is 6.92 Å². The number of ketones is 1. The molecule has 1 aromatic heterocycles. The maximum Gasteiger partial charge on any atom is 0.300 e. The third kappa shape index (κ3) is 3.79. The molecule has 0 aliphatic carbocycles. The van der Waals surface area contributed by atoms with Crippen molar-refractivity contribution in [1.29, 1.82) is 0 Å². The number of benzene rings is 2. The lowest BCUT2D eigenvalue weighted by atomic mass is 9.92. The number of phenols is 1. The highest BCUT2D eigenvalue weighted by molar-refractivity contribution is 6.51. The van der Waals surface area contributed by atoms with E-state index < -0.39 is 17.7 Å². The second kappa shape index (κ2) is 9.02. The number of hydrogen-bond acceptors (Lipinski definition) is 6. The van der Waals surface area contributed by atoms with Crippen LogP contribution in [0.1, 0.15) is 48.2 Å². The number of aromatic nitrogens is 1. The van der Waals surface area contributed by atoms with E-state index in [-0.39, 0.29) is 28.7 Å². The molecule has 4 rings (SSSR count). The summed E-state index contributed by atoms with van der Waals surface area (Å²) in [5.41, 5.74) is 2.44. The number of anilines is 1. The Balaban J connectivity index is 1.99. The Hall–Kier alpha value is -4.13. The van der Waals surface area contributed by atoms with Crippen molar-refractivity contribution in [1.82, 2.24) is 4.98 Å². The number of para-hydroxylation sites is 2. The molecule has 0 spiro atoms. The van der Waals surface area contributed by atoms with E-state index in [2.05, 4.69) is 4.98 Å². The number of aryl methyl sites for hydroxylation is 1. The Kier molecular flexibility index (Phi) is 6.11. The van der Waals surface area contributed by atoms with E-state index in [0.717, 1.165) is 5.56 Å². The average Bonchev–Trinajstić information content (AvgIpc) is 3.09. The normalized spacial score (nSPS) is 17.4. The second-order valence-electron chi connectivity index (χ2n) is 8.48. The van der Waals surface area contributed by atoms with Crippen LogP contribution >= 0.6 is 0 Å². The van der Waals surface area contributed by atoms with Gasteiger partial charge in [-0.3, -0.25) is 19.5 Å². The molecule has 7 heteroatoms. The van der Waals surface area contributed by atoms with E-state index in [1.807, 2.05) is 13.8 Å². The molecule has 3 aromatic rings. The summed E-state index contributed by atoms with van der Waals surface area (Å²) in [4.78, 5) is 32.1. The number of pyridine rings is 1. The number of amides is 1. The first-order chi connectivity index (χ1) is 16.3. The maximum atomic E-state index is 13.3. The van der Waals surface area contributed by atoms with Gasteiger partial charge in [-0.1, -0.05) is 32.0 Å². The number of Topliss-reactive ketones (excluding diaryl/α,β-unsaturated/α-hetero) is 1. The molecule has 1 fully saturated rings. The van der Waals surface area contributed by atoms with Crippen molar-refractivity contribution >= 4 is 23.1 Å². The van der Waals surface area contributed by atoms with Crippen LogP contribution < -0.4 is 9.64 Å². The SMILES string of the molecule is COc1cc(C)c(/C(O)=C2\C(=O)C(=O)N(c3ccccc3O)C2c2ccccn2)cc1C(C)C. The summed E-state index contributed by atoms with van der Waals surface area (Å²) in [5.74, 6) is -1.38. The molecule has 0 bridgehead atoms. The van der Waals surface area contributed by atoms with Gasteiger partial charge in [-0.25, -0.2) is 0 Å². The number of methoxy groups -OCH3 is 1. The van der Waals surface area contributed by atoms with Crippen LogP contribution in [0.5, 0.6) is 11.5 Å².